The SMILES string of the molecule is CNCCCN(C)C(N)CCN. The highest BCUT2D eigenvalue weighted by Crippen LogP contribution is 1.94. The number of hydrogen-bond acceptors (Lipinski definition) is 4. The van der Waals surface area contributed by atoms with Crippen LogP contribution >= 0.6 is 0 Å². The van der Waals surface area contributed by atoms with Crippen molar-refractivity contribution in [3.63, 3.8) is 0 Å². The molecule has 5 N–H and O–H groups in total. The Morgan fingerprint density at radius 2 is 2.17 bits per heavy atom. The van der Waals surface area contributed by atoms with E-state index in [1.807, 2.05) is 14.1 Å². The maximum absolute atomic E-state index is 5.84. The second kappa shape index (κ2) is 7.49. The lowest BCUT2D eigenvalue weighted by Crippen LogP contribution is -2.41. The topological polar surface area (TPSA) is 67.3 Å². The summed E-state index contributed by atoms with van der Waals surface area (Å²) < 4.78 is 0. The summed E-state index contributed by atoms with van der Waals surface area (Å²) in [4.78, 5) is 2.14. The molecular formula is C8H22N4. The Morgan fingerprint density at radius 1 is 1.50 bits per heavy atom. The Morgan fingerprint density at radius 3 is 2.67 bits per heavy atom. The Bertz CT molecular complexity index is 97.1. The highest BCUT2D eigenvalue weighted by atomic mass is 15.2. The van der Waals surface area contributed by atoms with Gasteiger partial charge < -0.3 is 16.8 Å². The molecule has 0 amide bonds. The van der Waals surface area contributed by atoms with Crippen LogP contribution in [0.15, 0.2) is 0 Å². The summed E-state index contributed by atoms with van der Waals surface area (Å²) in [5.41, 5.74) is 11.2. The van der Waals surface area contributed by atoms with Gasteiger partial charge in [0.1, 0.15) is 0 Å². The smallest absolute Gasteiger partial charge is 0.0581 e. The molecule has 0 rings (SSSR count). The van der Waals surface area contributed by atoms with Crippen LogP contribution in [0.1, 0.15) is 12.8 Å². The first-order chi connectivity index (χ1) is 5.72. The molecule has 0 spiro atoms. The van der Waals surface area contributed by atoms with Crippen LogP contribution in [0.4, 0.5) is 0 Å². The first-order valence-electron chi connectivity index (χ1n) is 4.53. The fourth-order valence-electron chi connectivity index (χ4n) is 1.06. The molecular weight excluding hydrogens is 152 g/mol. The number of hydrogen-bond donors (Lipinski definition) is 3. The highest BCUT2D eigenvalue weighted by Gasteiger charge is 2.06. The van der Waals surface area contributed by atoms with Gasteiger partial charge in [0, 0.05) is 6.54 Å². The van der Waals surface area contributed by atoms with E-state index in [9.17, 15) is 0 Å². The Balaban J connectivity index is 3.35. The molecule has 0 heterocycles. The second-order valence-electron chi connectivity index (χ2n) is 3.08. The normalized spacial score (nSPS) is 13.8. The summed E-state index contributed by atoms with van der Waals surface area (Å²) in [7, 11) is 4.00. The van der Waals surface area contributed by atoms with E-state index in [0.717, 1.165) is 25.9 Å². The monoisotopic (exact) mass is 174 g/mol. The molecule has 74 valence electrons. The summed E-state index contributed by atoms with van der Waals surface area (Å²) in [5, 5.41) is 3.10. The molecule has 0 saturated carbocycles. The van der Waals surface area contributed by atoms with Crippen LogP contribution in [0.5, 0.6) is 0 Å². The van der Waals surface area contributed by atoms with Crippen molar-refractivity contribution < 1.29 is 0 Å². The Hall–Kier alpha value is -0.160. The zero-order valence-electron chi connectivity index (χ0n) is 8.21. The summed E-state index contributed by atoms with van der Waals surface area (Å²) in [6.45, 7) is 2.74. The summed E-state index contributed by atoms with van der Waals surface area (Å²) >= 11 is 0. The average molecular weight is 174 g/mol. The lowest BCUT2D eigenvalue weighted by Gasteiger charge is -2.23. The van der Waals surface area contributed by atoms with Gasteiger partial charge in [-0.15, -0.1) is 0 Å². The van der Waals surface area contributed by atoms with Crippen LogP contribution in [-0.4, -0.2) is 44.8 Å². The predicted octanol–water partition coefficient (Wildman–Crippen LogP) is -0.839. The minimum absolute atomic E-state index is 0.117. The van der Waals surface area contributed by atoms with Gasteiger partial charge in [-0.25, -0.2) is 0 Å². The molecule has 0 aromatic heterocycles. The quantitative estimate of drug-likeness (QED) is 0.348. The molecule has 0 aromatic rings. The van der Waals surface area contributed by atoms with Crippen LogP contribution < -0.4 is 16.8 Å². The number of nitrogens with one attached hydrogen (secondary N) is 1. The largest absolute Gasteiger partial charge is 0.330 e. The van der Waals surface area contributed by atoms with Gasteiger partial charge in [0.2, 0.25) is 0 Å². The van der Waals surface area contributed by atoms with E-state index in [-0.39, 0.29) is 6.17 Å². The number of nitrogens with two attached hydrogens (primary N) is 2. The minimum atomic E-state index is 0.117. The summed E-state index contributed by atoms with van der Waals surface area (Å²) in [6.07, 6.45) is 2.12. The van der Waals surface area contributed by atoms with Gasteiger partial charge >= 0.3 is 0 Å². The third-order valence-electron chi connectivity index (χ3n) is 1.97. The van der Waals surface area contributed by atoms with E-state index in [1.165, 1.54) is 0 Å². The Kier molecular flexibility index (Phi) is 7.39. The van der Waals surface area contributed by atoms with Crippen LogP contribution in [0.25, 0.3) is 0 Å². The first-order valence-corrected chi connectivity index (χ1v) is 4.53. The molecule has 0 aliphatic rings. The van der Waals surface area contributed by atoms with Gasteiger partial charge in [-0.2, -0.15) is 0 Å². The van der Waals surface area contributed by atoms with Crippen molar-refractivity contribution in [2.24, 2.45) is 11.5 Å². The predicted molar refractivity (Wildman–Crippen MR) is 52.8 cm³/mol. The third-order valence-corrected chi connectivity index (χ3v) is 1.97. The third kappa shape index (κ3) is 5.49. The van der Waals surface area contributed by atoms with E-state index in [4.69, 9.17) is 11.5 Å². The van der Waals surface area contributed by atoms with Crippen LogP contribution in [-0.2, 0) is 0 Å². The van der Waals surface area contributed by atoms with E-state index < -0.39 is 0 Å². The van der Waals surface area contributed by atoms with Crippen LogP contribution in [0.2, 0.25) is 0 Å². The van der Waals surface area contributed by atoms with E-state index in [0.29, 0.717) is 6.54 Å². The maximum Gasteiger partial charge on any atom is 0.0581 e. The van der Waals surface area contributed by atoms with Crippen molar-refractivity contribution >= 4 is 0 Å². The van der Waals surface area contributed by atoms with Crippen molar-refractivity contribution in [1.82, 2.24) is 10.2 Å². The zero-order chi connectivity index (χ0) is 9.40. The van der Waals surface area contributed by atoms with Crippen molar-refractivity contribution in [3.05, 3.63) is 0 Å². The average Bonchev–Trinajstić information content (AvgIpc) is 2.05. The molecule has 0 saturated heterocycles. The zero-order valence-corrected chi connectivity index (χ0v) is 8.21. The van der Waals surface area contributed by atoms with E-state index in [1.54, 1.807) is 0 Å². The number of rotatable bonds is 7. The summed E-state index contributed by atoms with van der Waals surface area (Å²) in [5.74, 6) is 0. The number of nitrogens with zero attached hydrogens (tertiary/aromatic N) is 1. The minimum Gasteiger partial charge on any atom is -0.330 e. The first kappa shape index (κ1) is 11.8. The van der Waals surface area contributed by atoms with Crippen molar-refractivity contribution in [2.75, 3.05) is 33.7 Å². The van der Waals surface area contributed by atoms with Gasteiger partial charge in [-0.05, 0) is 40.0 Å². The molecule has 0 radical (unpaired) electrons. The molecule has 12 heavy (non-hydrogen) atoms. The second-order valence-corrected chi connectivity index (χ2v) is 3.08. The molecule has 1 unspecified atom stereocenters. The molecule has 0 aromatic carbocycles. The molecule has 0 aliphatic carbocycles. The van der Waals surface area contributed by atoms with Gasteiger partial charge in [0.05, 0.1) is 6.17 Å². The molecule has 0 aliphatic heterocycles. The highest BCUT2D eigenvalue weighted by molar-refractivity contribution is 4.62. The van der Waals surface area contributed by atoms with Crippen molar-refractivity contribution in [1.29, 1.82) is 0 Å². The van der Waals surface area contributed by atoms with Crippen molar-refractivity contribution in [3.8, 4) is 0 Å². The standard InChI is InChI=1S/C8H22N4/c1-11-6-3-7-12(2)8(10)4-5-9/h8,11H,3-7,9-10H2,1-2H3. The molecule has 0 bridgehead atoms. The molecule has 1 atom stereocenters. The molecule has 4 nitrogen and oxygen atoms in total. The Labute approximate surface area is 75.3 Å². The fourth-order valence-corrected chi connectivity index (χ4v) is 1.06. The van der Waals surface area contributed by atoms with Crippen LogP contribution in [0.3, 0.4) is 0 Å². The fraction of sp³-hybridized carbons (Fsp3) is 1.00. The van der Waals surface area contributed by atoms with E-state index in [2.05, 4.69) is 10.2 Å². The lowest BCUT2D eigenvalue weighted by atomic mass is 10.3. The van der Waals surface area contributed by atoms with Crippen molar-refractivity contribution in [2.45, 2.75) is 19.0 Å². The van der Waals surface area contributed by atoms with Gasteiger partial charge in [0.25, 0.3) is 0 Å². The molecule has 0 fully saturated rings. The van der Waals surface area contributed by atoms with Crippen LogP contribution in [0, 0.1) is 0 Å². The van der Waals surface area contributed by atoms with Gasteiger partial charge in [-0.3, -0.25) is 4.90 Å². The van der Waals surface area contributed by atoms with Gasteiger partial charge in [-0.1, -0.05) is 0 Å². The van der Waals surface area contributed by atoms with E-state index >= 15 is 0 Å². The summed E-state index contributed by atoms with van der Waals surface area (Å²) in [6, 6.07) is 0. The maximum atomic E-state index is 5.84. The van der Waals surface area contributed by atoms with Gasteiger partial charge in [0.15, 0.2) is 0 Å². The lowest BCUT2D eigenvalue weighted by molar-refractivity contribution is 0.235. The molecule has 4 heteroatoms.